The summed E-state index contributed by atoms with van der Waals surface area (Å²) in [4.78, 5) is 11.8. The molecule has 0 radical (unpaired) electrons. The third-order valence-electron chi connectivity index (χ3n) is 3.05. The first kappa shape index (κ1) is 16.5. The van der Waals surface area contributed by atoms with Crippen LogP contribution in [0.3, 0.4) is 0 Å². The van der Waals surface area contributed by atoms with Crippen LogP contribution < -0.4 is 11.1 Å². The maximum atomic E-state index is 11.8. The van der Waals surface area contributed by atoms with Gasteiger partial charge in [-0.15, -0.1) is 12.4 Å². The highest BCUT2D eigenvalue weighted by Gasteiger charge is 2.06. The van der Waals surface area contributed by atoms with Crippen molar-refractivity contribution in [1.82, 2.24) is 9.78 Å². The minimum absolute atomic E-state index is 0. The van der Waals surface area contributed by atoms with E-state index >= 15 is 0 Å². The van der Waals surface area contributed by atoms with E-state index in [4.69, 9.17) is 5.73 Å². The van der Waals surface area contributed by atoms with Crippen LogP contribution in [-0.4, -0.2) is 21.7 Å². The molecular formula is C14H21ClN4O. The summed E-state index contributed by atoms with van der Waals surface area (Å²) in [7, 11) is 0. The number of benzene rings is 1. The van der Waals surface area contributed by atoms with E-state index in [0.717, 1.165) is 23.1 Å². The Bertz CT molecular complexity index is 580. The molecule has 1 amide bonds. The zero-order valence-corrected chi connectivity index (χ0v) is 12.6. The lowest BCUT2D eigenvalue weighted by Crippen LogP contribution is -2.19. The molecular weight excluding hydrogens is 276 g/mol. The number of hydrogen-bond acceptors (Lipinski definition) is 3. The molecule has 1 unspecified atom stereocenters. The highest BCUT2D eigenvalue weighted by molar-refractivity contribution is 5.93. The van der Waals surface area contributed by atoms with Crippen LogP contribution in [0.5, 0.6) is 0 Å². The van der Waals surface area contributed by atoms with E-state index in [0.29, 0.717) is 12.8 Å². The van der Waals surface area contributed by atoms with Gasteiger partial charge in [0.15, 0.2) is 0 Å². The van der Waals surface area contributed by atoms with Gasteiger partial charge in [0, 0.05) is 30.1 Å². The zero-order chi connectivity index (χ0) is 13.8. The van der Waals surface area contributed by atoms with Crippen LogP contribution in [0.1, 0.15) is 26.7 Å². The van der Waals surface area contributed by atoms with Gasteiger partial charge in [0.25, 0.3) is 0 Å². The van der Waals surface area contributed by atoms with Crippen molar-refractivity contribution in [3.05, 3.63) is 24.4 Å². The molecule has 110 valence electrons. The van der Waals surface area contributed by atoms with E-state index in [-0.39, 0.29) is 24.4 Å². The Morgan fingerprint density at radius 3 is 2.90 bits per heavy atom. The number of halogens is 1. The van der Waals surface area contributed by atoms with Crippen molar-refractivity contribution in [2.24, 2.45) is 5.73 Å². The van der Waals surface area contributed by atoms with Gasteiger partial charge in [0.1, 0.15) is 0 Å². The summed E-state index contributed by atoms with van der Waals surface area (Å²) in [6.07, 6.45) is 2.98. The Labute approximate surface area is 124 Å². The second kappa shape index (κ2) is 7.26. The number of anilines is 1. The molecule has 0 aliphatic rings. The minimum Gasteiger partial charge on any atom is -0.328 e. The van der Waals surface area contributed by atoms with Gasteiger partial charge in [-0.3, -0.25) is 9.48 Å². The van der Waals surface area contributed by atoms with Gasteiger partial charge in [-0.2, -0.15) is 5.10 Å². The fourth-order valence-corrected chi connectivity index (χ4v) is 1.98. The fourth-order valence-electron chi connectivity index (χ4n) is 1.98. The van der Waals surface area contributed by atoms with Crippen LogP contribution in [0, 0.1) is 0 Å². The first-order valence-corrected chi connectivity index (χ1v) is 6.61. The van der Waals surface area contributed by atoms with Crippen LogP contribution in [0.2, 0.25) is 0 Å². The number of hydrogen-bond donors (Lipinski definition) is 2. The van der Waals surface area contributed by atoms with Crippen molar-refractivity contribution in [2.45, 2.75) is 39.3 Å². The predicted octanol–water partition coefficient (Wildman–Crippen LogP) is 2.54. The van der Waals surface area contributed by atoms with Gasteiger partial charge < -0.3 is 11.1 Å². The van der Waals surface area contributed by atoms with Crippen LogP contribution in [-0.2, 0) is 11.3 Å². The van der Waals surface area contributed by atoms with E-state index in [1.54, 1.807) is 0 Å². The molecule has 0 fully saturated rings. The zero-order valence-electron chi connectivity index (χ0n) is 11.8. The number of aromatic nitrogens is 2. The Morgan fingerprint density at radius 1 is 1.50 bits per heavy atom. The minimum atomic E-state index is -0.000728. The summed E-state index contributed by atoms with van der Waals surface area (Å²) in [6, 6.07) is 5.87. The molecule has 0 aliphatic heterocycles. The Hall–Kier alpha value is -1.59. The SMILES string of the molecule is CCn1ncc2ccc(NC(=O)CCC(C)N)cc21.Cl. The maximum Gasteiger partial charge on any atom is 0.224 e. The molecule has 0 spiro atoms. The van der Waals surface area contributed by atoms with Crippen LogP contribution in [0.15, 0.2) is 24.4 Å². The number of nitrogens with two attached hydrogens (primary N) is 1. The number of aryl methyl sites for hydroxylation is 1. The number of nitrogens with zero attached hydrogens (tertiary/aromatic N) is 2. The van der Waals surface area contributed by atoms with Crippen molar-refractivity contribution in [1.29, 1.82) is 0 Å². The van der Waals surface area contributed by atoms with E-state index in [9.17, 15) is 4.79 Å². The van der Waals surface area contributed by atoms with Gasteiger partial charge in [0.2, 0.25) is 5.91 Å². The maximum absolute atomic E-state index is 11.8. The van der Waals surface area contributed by atoms with Crippen LogP contribution >= 0.6 is 12.4 Å². The summed E-state index contributed by atoms with van der Waals surface area (Å²) >= 11 is 0. The number of carbonyl (C=O) groups excluding carboxylic acids is 1. The highest BCUT2D eigenvalue weighted by Crippen LogP contribution is 2.19. The number of carbonyl (C=O) groups is 1. The molecule has 1 aromatic heterocycles. The molecule has 0 aliphatic carbocycles. The summed E-state index contributed by atoms with van der Waals surface area (Å²) in [5.74, 6) is -0.000728. The molecule has 1 atom stereocenters. The standard InChI is InChI=1S/C14H20N4O.ClH/c1-3-18-13-8-12(6-5-11(13)9-16-18)17-14(19)7-4-10(2)15;/h5-6,8-10H,3-4,7,15H2,1-2H3,(H,17,19);1H. The van der Waals surface area contributed by atoms with E-state index < -0.39 is 0 Å². The van der Waals surface area contributed by atoms with Crippen molar-refractivity contribution < 1.29 is 4.79 Å². The molecule has 1 heterocycles. The lowest BCUT2D eigenvalue weighted by Gasteiger charge is -2.07. The molecule has 3 N–H and O–H groups in total. The van der Waals surface area contributed by atoms with Gasteiger partial charge >= 0.3 is 0 Å². The van der Waals surface area contributed by atoms with Gasteiger partial charge in [-0.1, -0.05) is 0 Å². The normalized spacial score (nSPS) is 11.9. The Morgan fingerprint density at radius 2 is 2.25 bits per heavy atom. The average molecular weight is 297 g/mol. The molecule has 2 aromatic rings. The van der Waals surface area contributed by atoms with E-state index in [2.05, 4.69) is 10.4 Å². The molecule has 20 heavy (non-hydrogen) atoms. The third kappa shape index (κ3) is 3.95. The summed E-state index contributed by atoms with van der Waals surface area (Å²) in [5.41, 5.74) is 7.48. The van der Waals surface area contributed by atoms with Crippen molar-refractivity contribution in [3.63, 3.8) is 0 Å². The molecule has 1 aromatic carbocycles. The van der Waals surface area contributed by atoms with Crippen molar-refractivity contribution >= 4 is 34.9 Å². The third-order valence-corrected chi connectivity index (χ3v) is 3.05. The number of fused-ring (bicyclic) bond motifs is 1. The van der Waals surface area contributed by atoms with E-state index in [1.165, 1.54) is 0 Å². The quantitative estimate of drug-likeness (QED) is 0.890. The number of amides is 1. The van der Waals surface area contributed by atoms with E-state index in [1.807, 2.05) is 42.9 Å². The lowest BCUT2D eigenvalue weighted by atomic mass is 10.2. The average Bonchev–Trinajstić information content (AvgIpc) is 2.78. The first-order valence-electron chi connectivity index (χ1n) is 6.61. The topological polar surface area (TPSA) is 72.9 Å². The van der Waals surface area contributed by atoms with Crippen molar-refractivity contribution in [2.75, 3.05) is 5.32 Å². The number of nitrogens with one attached hydrogen (secondary N) is 1. The summed E-state index contributed by atoms with van der Waals surface area (Å²) in [6.45, 7) is 4.76. The monoisotopic (exact) mass is 296 g/mol. The largest absolute Gasteiger partial charge is 0.328 e. The smallest absolute Gasteiger partial charge is 0.224 e. The molecule has 6 heteroatoms. The number of rotatable bonds is 5. The predicted molar refractivity (Wildman–Crippen MR) is 84.2 cm³/mol. The van der Waals surface area contributed by atoms with Crippen molar-refractivity contribution in [3.8, 4) is 0 Å². The Kier molecular flexibility index (Phi) is 5.98. The second-order valence-corrected chi connectivity index (χ2v) is 4.80. The fraction of sp³-hybridized carbons (Fsp3) is 0.429. The van der Waals surface area contributed by atoms with Crippen LogP contribution in [0.4, 0.5) is 5.69 Å². The first-order chi connectivity index (χ1) is 9.10. The second-order valence-electron chi connectivity index (χ2n) is 4.80. The van der Waals surface area contributed by atoms with Gasteiger partial charge in [-0.25, -0.2) is 0 Å². The van der Waals surface area contributed by atoms with Gasteiger partial charge in [-0.05, 0) is 38.5 Å². The molecule has 0 saturated carbocycles. The molecule has 5 nitrogen and oxygen atoms in total. The molecule has 0 saturated heterocycles. The lowest BCUT2D eigenvalue weighted by molar-refractivity contribution is -0.116. The summed E-state index contributed by atoms with van der Waals surface area (Å²) < 4.78 is 1.91. The van der Waals surface area contributed by atoms with Crippen LogP contribution in [0.25, 0.3) is 10.9 Å². The molecule has 0 bridgehead atoms. The summed E-state index contributed by atoms with van der Waals surface area (Å²) in [5, 5.41) is 8.26. The molecule has 2 rings (SSSR count). The Balaban J connectivity index is 0.00000200. The highest BCUT2D eigenvalue weighted by atomic mass is 35.5. The van der Waals surface area contributed by atoms with Gasteiger partial charge in [0.05, 0.1) is 11.7 Å².